The van der Waals surface area contributed by atoms with E-state index in [1.54, 1.807) is 13.1 Å². The summed E-state index contributed by atoms with van der Waals surface area (Å²) in [7, 11) is 1.65. The van der Waals surface area contributed by atoms with Gasteiger partial charge < -0.3 is 9.84 Å². The van der Waals surface area contributed by atoms with Crippen LogP contribution in [0.1, 0.15) is 25.7 Å². The Morgan fingerprint density at radius 3 is 2.75 bits per heavy atom. The first kappa shape index (κ1) is 20.8. The molecule has 1 aromatic carbocycles. The Kier molecular flexibility index (Phi) is 7.04. The summed E-state index contributed by atoms with van der Waals surface area (Å²) in [5, 5.41) is 12.3. The van der Waals surface area contributed by atoms with Gasteiger partial charge in [-0.1, -0.05) is 29.8 Å². The number of rotatable bonds is 7. The van der Waals surface area contributed by atoms with Gasteiger partial charge in [0.05, 0.1) is 12.1 Å². The number of hydrogen-bond acceptors (Lipinski definition) is 5. The van der Waals surface area contributed by atoms with Gasteiger partial charge in [-0.3, -0.25) is 14.5 Å². The first-order chi connectivity index (χ1) is 13.5. The zero-order valence-electron chi connectivity index (χ0n) is 15.6. The summed E-state index contributed by atoms with van der Waals surface area (Å²) in [5.41, 5.74) is 1.50. The summed E-state index contributed by atoms with van der Waals surface area (Å²) in [5.74, 6) is -1.44. The number of aromatic nitrogens is 1. The van der Waals surface area contributed by atoms with Crippen molar-refractivity contribution < 1.29 is 19.4 Å². The second-order valence-electron chi connectivity index (χ2n) is 6.98. The van der Waals surface area contributed by atoms with Gasteiger partial charge in [-0.15, -0.1) is 11.3 Å². The van der Waals surface area contributed by atoms with Crippen LogP contribution in [0.3, 0.4) is 0 Å². The third-order valence-electron chi connectivity index (χ3n) is 4.99. The highest BCUT2D eigenvalue weighted by molar-refractivity contribution is 7.14. The van der Waals surface area contributed by atoms with Gasteiger partial charge in [-0.25, -0.2) is 4.98 Å². The van der Waals surface area contributed by atoms with Gasteiger partial charge in [0.15, 0.2) is 5.13 Å². The average molecular weight is 423 g/mol. The lowest BCUT2D eigenvalue weighted by molar-refractivity contribution is -0.141. The molecule has 1 atom stereocenters. The van der Waals surface area contributed by atoms with Gasteiger partial charge in [0.25, 0.3) is 0 Å². The highest BCUT2D eigenvalue weighted by atomic mass is 35.5. The molecular formula is C20H23ClN2O4S. The van der Waals surface area contributed by atoms with Crippen molar-refractivity contribution in [2.75, 3.05) is 25.2 Å². The Hall–Kier alpha value is -1.96. The molecule has 3 rings (SSSR count). The van der Waals surface area contributed by atoms with Crippen LogP contribution in [-0.2, 0) is 14.3 Å². The van der Waals surface area contributed by atoms with E-state index in [1.807, 2.05) is 23.6 Å². The van der Waals surface area contributed by atoms with Gasteiger partial charge in [0.2, 0.25) is 5.91 Å². The number of halogens is 1. The summed E-state index contributed by atoms with van der Waals surface area (Å²) in [6, 6.07) is 7.40. The summed E-state index contributed by atoms with van der Waals surface area (Å²) >= 11 is 7.57. The van der Waals surface area contributed by atoms with E-state index in [2.05, 4.69) is 4.98 Å². The molecule has 2 heterocycles. The second-order valence-corrected chi connectivity index (χ2v) is 8.22. The summed E-state index contributed by atoms with van der Waals surface area (Å²) < 4.78 is 5.36. The van der Waals surface area contributed by atoms with Gasteiger partial charge in [0.1, 0.15) is 0 Å². The van der Waals surface area contributed by atoms with Crippen LogP contribution in [0.5, 0.6) is 0 Å². The van der Waals surface area contributed by atoms with Crippen LogP contribution >= 0.6 is 22.9 Å². The molecule has 28 heavy (non-hydrogen) atoms. The number of carbonyl (C=O) groups excluding carboxylic acids is 1. The Morgan fingerprint density at radius 2 is 2.07 bits per heavy atom. The van der Waals surface area contributed by atoms with Crippen molar-refractivity contribution >= 4 is 39.9 Å². The number of amides is 1. The van der Waals surface area contributed by atoms with Crippen molar-refractivity contribution in [3.8, 4) is 11.3 Å². The monoisotopic (exact) mass is 422 g/mol. The summed E-state index contributed by atoms with van der Waals surface area (Å²) in [4.78, 5) is 30.4. The predicted molar refractivity (Wildman–Crippen MR) is 110 cm³/mol. The van der Waals surface area contributed by atoms with Crippen LogP contribution < -0.4 is 4.90 Å². The number of hydrogen-bond donors (Lipinski definition) is 1. The molecule has 8 heteroatoms. The Balaban J connectivity index is 1.75. The van der Waals surface area contributed by atoms with Gasteiger partial charge in [0, 0.05) is 42.1 Å². The van der Waals surface area contributed by atoms with E-state index in [1.165, 1.54) is 16.2 Å². The maximum absolute atomic E-state index is 13.0. The van der Waals surface area contributed by atoms with Crippen LogP contribution in [0.2, 0.25) is 5.02 Å². The highest BCUT2D eigenvalue weighted by Gasteiger charge is 2.30. The lowest BCUT2D eigenvalue weighted by Crippen LogP contribution is -2.35. The van der Waals surface area contributed by atoms with Crippen molar-refractivity contribution in [3.05, 3.63) is 34.7 Å². The zero-order chi connectivity index (χ0) is 20.1. The van der Waals surface area contributed by atoms with E-state index in [-0.39, 0.29) is 12.3 Å². The van der Waals surface area contributed by atoms with E-state index in [0.29, 0.717) is 41.4 Å². The Bertz CT molecular complexity index is 835. The number of nitrogens with zero attached hydrogens (tertiary/aromatic N) is 2. The average Bonchev–Trinajstić information content (AvgIpc) is 3.17. The molecule has 1 unspecified atom stereocenters. The maximum Gasteiger partial charge on any atom is 0.304 e. The van der Waals surface area contributed by atoms with Crippen molar-refractivity contribution in [2.45, 2.75) is 25.7 Å². The van der Waals surface area contributed by atoms with Gasteiger partial charge >= 0.3 is 5.97 Å². The number of benzene rings is 1. The molecule has 6 nitrogen and oxygen atoms in total. The molecule has 1 N–H and O–H groups in total. The van der Waals surface area contributed by atoms with E-state index in [4.69, 9.17) is 16.3 Å². The lowest BCUT2D eigenvalue weighted by Gasteiger charge is -2.27. The molecule has 1 amide bonds. The Morgan fingerprint density at radius 1 is 1.36 bits per heavy atom. The third-order valence-corrected chi connectivity index (χ3v) is 6.24. The van der Waals surface area contributed by atoms with E-state index >= 15 is 0 Å². The first-order valence-corrected chi connectivity index (χ1v) is 10.5. The molecule has 0 spiro atoms. The third kappa shape index (κ3) is 5.10. The number of anilines is 1. The molecule has 0 aliphatic carbocycles. The van der Waals surface area contributed by atoms with Crippen molar-refractivity contribution in [3.63, 3.8) is 0 Å². The largest absolute Gasteiger partial charge is 0.481 e. The molecule has 1 saturated heterocycles. The molecule has 0 bridgehead atoms. The van der Waals surface area contributed by atoms with Gasteiger partial charge in [-0.2, -0.15) is 0 Å². The van der Waals surface area contributed by atoms with Gasteiger partial charge in [-0.05, 0) is 31.2 Å². The molecule has 1 fully saturated rings. The smallest absolute Gasteiger partial charge is 0.304 e. The molecule has 1 aliphatic rings. The first-order valence-electron chi connectivity index (χ1n) is 9.23. The molecular weight excluding hydrogens is 400 g/mol. The zero-order valence-corrected chi connectivity index (χ0v) is 17.2. The Labute approximate surface area is 173 Å². The minimum Gasteiger partial charge on any atom is -0.481 e. The number of carboxylic acids is 1. The van der Waals surface area contributed by atoms with Crippen molar-refractivity contribution in [2.24, 2.45) is 11.8 Å². The van der Waals surface area contributed by atoms with Crippen molar-refractivity contribution in [1.29, 1.82) is 0 Å². The SMILES string of the molecule is CN(C(=O)C(CC(=O)O)CC1CCOCC1)c1nc(-c2ccccc2Cl)cs1. The number of thiazole rings is 1. The molecule has 1 aliphatic heterocycles. The van der Waals surface area contributed by atoms with E-state index in [0.717, 1.165) is 18.4 Å². The van der Waals surface area contributed by atoms with E-state index in [9.17, 15) is 14.7 Å². The van der Waals surface area contributed by atoms with Crippen LogP contribution in [-0.4, -0.2) is 42.2 Å². The predicted octanol–water partition coefficient (Wildman–Crippen LogP) is 4.33. The lowest BCUT2D eigenvalue weighted by atomic mass is 9.86. The molecule has 0 radical (unpaired) electrons. The molecule has 0 saturated carbocycles. The quantitative estimate of drug-likeness (QED) is 0.718. The number of carbonyl (C=O) groups is 2. The maximum atomic E-state index is 13.0. The number of carboxylic acid groups (broad SMARTS) is 1. The van der Waals surface area contributed by atoms with Crippen LogP contribution in [0, 0.1) is 11.8 Å². The molecule has 150 valence electrons. The summed E-state index contributed by atoms with van der Waals surface area (Å²) in [6.45, 7) is 1.34. The van der Waals surface area contributed by atoms with Crippen molar-refractivity contribution in [1.82, 2.24) is 4.98 Å². The minimum atomic E-state index is -0.963. The fraction of sp³-hybridized carbons (Fsp3) is 0.450. The van der Waals surface area contributed by atoms with Crippen LogP contribution in [0.25, 0.3) is 11.3 Å². The highest BCUT2D eigenvalue weighted by Crippen LogP contribution is 2.33. The topological polar surface area (TPSA) is 79.7 Å². The summed E-state index contributed by atoms with van der Waals surface area (Å²) in [6.07, 6.45) is 2.10. The van der Waals surface area contributed by atoms with Crippen LogP contribution in [0.4, 0.5) is 5.13 Å². The minimum absolute atomic E-state index is 0.177. The number of aliphatic carboxylic acids is 1. The van der Waals surface area contributed by atoms with E-state index < -0.39 is 11.9 Å². The molecule has 2 aromatic rings. The van der Waals surface area contributed by atoms with Crippen LogP contribution in [0.15, 0.2) is 29.6 Å². The standard InChI is InChI=1S/C20H23ClN2O4S/c1-23(20-22-17(12-28-20)15-4-2-3-5-16(15)21)19(26)14(11-18(24)25)10-13-6-8-27-9-7-13/h2-5,12-14H,6-11H2,1H3,(H,24,25). The normalized spacial score (nSPS) is 15.9. The molecule has 1 aromatic heterocycles. The second kappa shape index (κ2) is 9.49. The fourth-order valence-electron chi connectivity index (χ4n) is 3.45. The fourth-order valence-corrected chi connectivity index (χ4v) is 4.47. The number of ether oxygens (including phenoxy) is 1.